The van der Waals surface area contributed by atoms with E-state index in [1.54, 1.807) is 36.2 Å². The minimum atomic E-state index is -0.0511. The molecule has 3 aromatic rings. The fourth-order valence-electron chi connectivity index (χ4n) is 3.59. The largest absolute Gasteiger partial charge is 0.457 e. The molecular weight excluding hydrogens is 404 g/mol. The number of anilines is 2. The van der Waals surface area contributed by atoms with Crippen molar-refractivity contribution in [1.29, 1.82) is 5.41 Å². The molecule has 32 heavy (non-hydrogen) atoms. The lowest BCUT2D eigenvalue weighted by molar-refractivity contribution is -0.124. The summed E-state index contributed by atoms with van der Waals surface area (Å²) in [5, 5.41) is 11.9. The Kier molecular flexibility index (Phi) is 5.85. The molecule has 2 aromatic carbocycles. The molecule has 0 radical (unpaired) electrons. The van der Waals surface area contributed by atoms with E-state index in [4.69, 9.17) is 15.9 Å². The standard InChI is InChI=1S/C24H24N6O2/c1-15-12-17(30(2)24(15)31)13-27-23-20(22(26)28-14-29-23)21(25)16-8-10-19(11-9-16)32-18-6-4-3-5-7-18/h3-11,14,17,25H,1,12-13H2,2H3,(H3,26,27,28,29). The summed E-state index contributed by atoms with van der Waals surface area (Å²) in [6, 6.07) is 16.6. The van der Waals surface area contributed by atoms with Crippen molar-refractivity contribution in [2.45, 2.75) is 12.5 Å². The Balaban J connectivity index is 1.51. The van der Waals surface area contributed by atoms with Crippen molar-refractivity contribution in [1.82, 2.24) is 14.9 Å². The van der Waals surface area contributed by atoms with Crippen LogP contribution in [0.25, 0.3) is 0 Å². The molecule has 8 nitrogen and oxygen atoms in total. The molecule has 1 saturated heterocycles. The van der Waals surface area contributed by atoms with Crippen LogP contribution in [0.4, 0.5) is 11.6 Å². The van der Waals surface area contributed by atoms with Gasteiger partial charge in [-0.15, -0.1) is 0 Å². The number of rotatable bonds is 7. The van der Waals surface area contributed by atoms with Crippen LogP contribution in [0, 0.1) is 5.41 Å². The van der Waals surface area contributed by atoms with E-state index in [1.807, 2.05) is 30.3 Å². The Morgan fingerprint density at radius 3 is 2.53 bits per heavy atom. The van der Waals surface area contributed by atoms with Gasteiger partial charge in [0, 0.05) is 24.7 Å². The Hall–Kier alpha value is -4.20. The van der Waals surface area contributed by atoms with Crippen molar-refractivity contribution in [2.24, 2.45) is 0 Å². The van der Waals surface area contributed by atoms with E-state index in [0.717, 1.165) is 5.75 Å². The predicted octanol–water partition coefficient (Wildman–Crippen LogP) is 3.47. The van der Waals surface area contributed by atoms with E-state index in [9.17, 15) is 4.79 Å². The zero-order valence-electron chi connectivity index (χ0n) is 17.7. The van der Waals surface area contributed by atoms with Gasteiger partial charge in [0.1, 0.15) is 29.5 Å². The smallest absolute Gasteiger partial charge is 0.249 e. The normalized spacial score (nSPS) is 15.7. The highest BCUT2D eigenvalue weighted by molar-refractivity contribution is 6.16. The zero-order chi connectivity index (χ0) is 22.7. The Labute approximate surface area is 186 Å². The quantitative estimate of drug-likeness (QED) is 0.392. The zero-order valence-corrected chi connectivity index (χ0v) is 17.7. The number of amides is 1. The molecule has 0 aliphatic carbocycles. The Morgan fingerprint density at radius 2 is 1.88 bits per heavy atom. The molecule has 1 fully saturated rings. The lowest BCUT2D eigenvalue weighted by Gasteiger charge is -2.21. The maximum Gasteiger partial charge on any atom is 0.249 e. The number of likely N-dealkylation sites (N-methyl/N-ethyl adjacent to an activating group) is 1. The van der Waals surface area contributed by atoms with Crippen molar-refractivity contribution in [3.8, 4) is 11.5 Å². The minimum absolute atomic E-state index is 0.0392. The molecule has 162 valence electrons. The van der Waals surface area contributed by atoms with Crippen LogP contribution in [0.15, 0.2) is 73.1 Å². The first-order valence-electron chi connectivity index (χ1n) is 10.2. The highest BCUT2D eigenvalue weighted by Gasteiger charge is 2.31. The topological polar surface area (TPSA) is 117 Å². The van der Waals surface area contributed by atoms with Gasteiger partial charge in [-0.05, 0) is 42.8 Å². The number of carbonyl (C=O) groups is 1. The molecule has 1 aliphatic rings. The molecule has 1 unspecified atom stereocenters. The lowest BCUT2D eigenvalue weighted by Crippen LogP contribution is -2.34. The van der Waals surface area contributed by atoms with Gasteiger partial charge in [0.05, 0.1) is 17.3 Å². The van der Waals surface area contributed by atoms with Gasteiger partial charge in [0.2, 0.25) is 5.91 Å². The number of ether oxygens (including phenoxy) is 1. The van der Waals surface area contributed by atoms with Gasteiger partial charge in [-0.25, -0.2) is 9.97 Å². The second kappa shape index (κ2) is 8.89. The fourth-order valence-corrected chi connectivity index (χ4v) is 3.59. The summed E-state index contributed by atoms with van der Waals surface area (Å²) in [5.41, 5.74) is 7.96. The maximum atomic E-state index is 12.0. The van der Waals surface area contributed by atoms with E-state index < -0.39 is 0 Å². The van der Waals surface area contributed by atoms with Crippen LogP contribution in [0.5, 0.6) is 11.5 Å². The first-order chi connectivity index (χ1) is 15.4. The van der Waals surface area contributed by atoms with Gasteiger partial charge in [-0.1, -0.05) is 24.8 Å². The molecule has 4 N–H and O–H groups in total. The fraction of sp³-hybridized carbons (Fsp3) is 0.167. The van der Waals surface area contributed by atoms with Crippen molar-refractivity contribution >= 4 is 23.3 Å². The average Bonchev–Trinajstić information content (AvgIpc) is 3.05. The molecule has 0 saturated carbocycles. The summed E-state index contributed by atoms with van der Waals surface area (Å²) in [6.07, 6.45) is 1.94. The van der Waals surface area contributed by atoms with E-state index in [2.05, 4.69) is 21.9 Å². The highest BCUT2D eigenvalue weighted by Crippen LogP contribution is 2.26. The van der Waals surface area contributed by atoms with Crippen LogP contribution in [-0.2, 0) is 4.79 Å². The van der Waals surface area contributed by atoms with Crippen LogP contribution in [-0.4, -0.2) is 46.1 Å². The molecule has 0 spiro atoms. The Bertz CT molecular complexity index is 1160. The number of carbonyl (C=O) groups excluding carboxylic acids is 1. The number of aromatic nitrogens is 2. The number of hydrogen-bond donors (Lipinski definition) is 3. The van der Waals surface area contributed by atoms with E-state index in [1.165, 1.54) is 6.33 Å². The molecule has 1 atom stereocenters. The van der Waals surface area contributed by atoms with E-state index in [0.29, 0.717) is 41.2 Å². The van der Waals surface area contributed by atoms with Gasteiger partial charge in [-0.3, -0.25) is 10.2 Å². The molecule has 2 heterocycles. The van der Waals surface area contributed by atoms with Gasteiger partial charge in [0.25, 0.3) is 0 Å². The van der Waals surface area contributed by atoms with Crippen molar-refractivity contribution in [2.75, 3.05) is 24.6 Å². The number of para-hydroxylation sites is 1. The number of nitrogens with one attached hydrogen (secondary N) is 2. The summed E-state index contributed by atoms with van der Waals surface area (Å²) < 4.78 is 5.82. The number of benzene rings is 2. The third-order valence-corrected chi connectivity index (χ3v) is 5.41. The summed E-state index contributed by atoms with van der Waals surface area (Å²) in [4.78, 5) is 22.0. The molecule has 1 aliphatic heterocycles. The highest BCUT2D eigenvalue weighted by atomic mass is 16.5. The van der Waals surface area contributed by atoms with Gasteiger partial charge >= 0.3 is 0 Å². The van der Waals surface area contributed by atoms with Gasteiger partial charge in [-0.2, -0.15) is 0 Å². The van der Waals surface area contributed by atoms with Crippen LogP contribution >= 0.6 is 0 Å². The number of nitrogens with zero attached hydrogens (tertiary/aromatic N) is 3. The molecule has 8 heteroatoms. The van der Waals surface area contributed by atoms with E-state index in [-0.39, 0.29) is 23.5 Å². The SMILES string of the molecule is C=C1CC(CNc2ncnc(N)c2C(=N)c2ccc(Oc3ccccc3)cc2)N(C)C1=O. The first kappa shape index (κ1) is 21.0. The van der Waals surface area contributed by atoms with Gasteiger partial charge in [0.15, 0.2) is 0 Å². The maximum absolute atomic E-state index is 12.0. The molecule has 0 bridgehead atoms. The van der Waals surface area contributed by atoms with Gasteiger partial charge < -0.3 is 20.7 Å². The first-order valence-corrected chi connectivity index (χ1v) is 10.2. The van der Waals surface area contributed by atoms with Crippen LogP contribution in [0.1, 0.15) is 17.5 Å². The number of hydrogen-bond acceptors (Lipinski definition) is 7. The Morgan fingerprint density at radius 1 is 1.19 bits per heavy atom. The minimum Gasteiger partial charge on any atom is -0.457 e. The van der Waals surface area contributed by atoms with Crippen LogP contribution in [0.3, 0.4) is 0 Å². The summed E-state index contributed by atoms with van der Waals surface area (Å²) in [5.74, 6) is 2.01. The van der Waals surface area contributed by atoms with Crippen molar-refractivity contribution in [3.05, 3.63) is 84.2 Å². The van der Waals surface area contributed by atoms with Crippen LogP contribution in [0.2, 0.25) is 0 Å². The third-order valence-electron chi connectivity index (χ3n) is 5.41. The van der Waals surface area contributed by atoms with Crippen LogP contribution < -0.4 is 15.8 Å². The average molecular weight is 428 g/mol. The number of nitrogens with two attached hydrogens (primary N) is 1. The summed E-state index contributed by atoms with van der Waals surface area (Å²) in [7, 11) is 1.75. The summed E-state index contributed by atoms with van der Waals surface area (Å²) in [6.45, 7) is 4.28. The lowest BCUT2D eigenvalue weighted by atomic mass is 10.0. The molecule has 1 amide bonds. The number of likely N-dealkylation sites (tertiary alicyclic amines) is 1. The monoisotopic (exact) mass is 428 g/mol. The molecular formula is C24H24N6O2. The third kappa shape index (κ3) is 4.29. The second-order valence-electron chi connectivity index (χ2n) is 7.56. The number of nitrogen functional groups attached to an aromatic ring is 1. The van der Waals surface area contributed by atoms with Crippen molar-refractivity contribution in [3.63, 3.8) is 0 Å². The second-order valence-corrected chi connectivity index (χ2v) is 7.56. The molecule has 1 aromatic heterocycles. The van der Waals surface area contributed by atoms with Crippen molar-refractivity contribution < 1.29 is 9.53 Å². The van der Waals surface area contributed by atoms with E-state index >= 15 is 0 Å². The summed E-state index contributed by atoms with van der Waals surface area (Å²) >= 11 is 0. The predicted molar refractivity (Wildman–Crippen MR) is 124 cm³/mol. The molecule has 4 rings (SSSR count).